The minimum atomic E-state index is -0.0529. The van der Waals surface area contributed by atoms with Crippen molar-refractivity contribution in [2.45, 2.75) is 25.8 Å². The maximum absolute atomic E-state index is 12.8. The highest BCUT2D eigenvalue weighted by atomic mass is 16.7. The molecule has 0 unspecified atom stereocenters. The van der Waals surface area contributed by atoms with Crippen LogP contribution in [0.3, 0.4) is 0 Å². The Labute approximate surface area is 162 Å². The monoisotopic (exact) mass is 382 g/mol. The van der Waals surface area contributed by atoms with Gasteiger partial charge in [0.05, 0.1) is 0 Å². The lowest BCUT2D eigenvalue weighted by atomic mass is 10.1. The first-order valence-corrected chi connectivity index (χ1v) is 9.74. The van der Waals surface area contributed by atoms with Crippen LogP contribution < -0.4 is 9.47 Å². The first kappa shape index (κ1) is 17.1. The maximum atomic E-state index is 12.8. The Morgan fingerprint density at radius 3 is 2.39 bits per heavy atom. The topological polar surface area (TPSA) is 76.9 Å². The Bertz CT molecular complexity index is 907. The molecule has 0 N–H and O–H groups in total. The number of rotatable bonds is 2. The zero-order valence-electron chi connectivity index (χ0n) is 15.6. The molecule has 0 radical (unpaired) electrons. The molecule has 2 amide bonds. The first-order valence-electron chi connectivity index (χ1n) is 9.74. The summed E-state index contributed by atoms with van der Waals surface area (Å²) in [4.78, 5) is 29.2. The Balaban J connectivity index is 1.23. The number of hydrogen-bond donors (Lipinski definition) is 0. The molecule has 4 heterocycles. The number of aryl methyl sites for hydroxylation is 2. The second-order valence-corrected chi connectivity index (χ2v) is 7.35. The Hall–Kier alpha value is -3.03. The molecule has 0 spiro atoms. The van der Waals surface area contributed by atoms with Crippen molar-refractivity contribution in [2.75, 3.05) is 33.0 Å². The molecule has 3 aliphatic heterocycles. The number of carbonyl (C=O) groups excluding carboxylic acids is 2. The van der Waals surface area contributed by atoms with Crippen molar-refractivity contribution >= 4 is 11.8 Å². The van der Waals surface area contributed by atoms with Crippen LogP contribution in [-0.4, -0.2) is 64.4 Å². The largest absolute Gasteiger partial charge is 0.454 e. The second-order valence-electron chi connectivity index (χ2n) is 7.35. The predicted octanol–water partition coefficient (Wildman–Crippen LogP) is 1.55. The zero-order valence-corrected chi connectivity index (χ0v) is 15.6. The molecule has 8 nitrogen and oxygen atoms in total. The molecule has 28 heavy (non-hydrogen) atoms. The summed E-state index contributed by atoms with van der Waals surface area (Å²) in [5.41, 5.74) is 2.24. The summed E-state index contributed by atoms with van der Waals surface area (Å²) in [6.45, 7) is 3.11. The molecule has 1 fully saturated rings. The van der Waals surface area contributed by atoms with Crippen molar-refractivity contribution in [3.8, 4) is 11.5 Å². The van der Waals surface area contributed by atoms with Crippen LogP contribution >= 0.6 is 0 Å². The van der Waals surface area contributed by atoms with E-state index >= 15 is 0 Å². The molecule has 2 aromatic rings. The van der Waals surface area contributed by atoms with E-state index in [1.807, 2.05) is 10.7 Å². The molecule has 8 heteroatoms. The minimum Gasteiger partial charge on any atom is -0.454 e. The quantitative estimate of drug-likeness (QED) is 0.788. The smallest absolute Gasteiger partial charge is 0.274 e. The normalized spacial score (nSPS) is 18.1. The summed E-state index contributed by atoms with van der Waals surface area (Å²) in [5, 5.41) is 4.48. The molecule has 0 bridgehead atoms. The predicted molar refractivity (Wildman–Crippen MR) is 99.5 cm³/mol. The zero-order chi connectivity index (χ0) is 19.1. The van der Waals surface area contributed by atoms with Crippen molar-refractivity contribution in [2.24, 2.45) is 0 Å². The van der Waals surface area contributed by atoms with Gasteiger partial charge in [-0.25, -0.2) is 0 Å². The van der Waals surface area contributed by atoms with Crippen LogP contribution in [0.2, 0.25) is 0 Å². The SMILES string of the molecule is O=C(c1ccc2c(c1)OCO2)N1CCN(C(=O)c2cc3n(n2)CCCC3)CC1. The average Bonchev–Trinajstić information content (AvgIpc) is 3.39. The van der Waals surface area contributed by atoms with E-state index in [0.29, 0.717) is 48.9 Å². The number of amides is 2. The number of aromatic nitrogens is 2. The third kappa shape index (κ3) is 2.98. The van der Waals surface area contributed by atoms with Crippen LogP contribution in [-0.2, 0) is 13.0 Å². The van der Waals surface area contributed by atoms with Gasteiger partial charge in [0.15, 0.2) is 17.2 Å². The van der Waals surface area contributed by atoms with E-state index in [1.165, 1.54) is 0 Å². The molecular weight excluding hydrogens is 360 g/mol. The number of piperazine rings is 1. The van der Waals surface area contributed by atoms with Crippen molar-refractivity contribution in [3.05, 3.63) is 41.2 Å². The van der Waals surface area contributed by atoms with Gasteiger partial charge in [0.1, 0.15) is 0 Å². The molecule has 0 aliphatic carbocycles. The van der Waals surface area contributed by atoms with E-state index < -0.39 is 0 Å². The first-order chi connectivity index (χ1) is 13.7. The maximum Gasteiger partial charge on any atom is 0.274 e. The van der Waals surface area contributed by atoms with Gasteiger partial charge in [-0.15, -0.1) is 0 Å². The van der Waals surface area contributed by atoms with Crippen LogP contribution in [0.1, 0.15) is 39.4 Å². The van der Waals surface area contributed by atoms with Crippen LogP contribution in [0.15, 0.2) is 24.3 Å². The summed E-state index contributed by atoms with van der Waals surface area (Å²) >= 11 is 0. The number of fused-ring (bicyclic) bond motifs is 2. The lowest BCUT2D eigenvalue weighted by molar-refractivity contribution is 0.0531. The van der Waals surface area contributed by atoms with Crippen molar-refractivity contribution in [1.82, 2.24) is 19.6 Å². The summed E-state index contributed by atoms with van der Waals surface area (Å²) in [5.74, 6) is 1.16. The number of nitrogens with zero attached hydrogens (tertiary/aromatic N) is 4. The standard InChI is InChI=1S/C20H22N4O4/c25-19(14-4-5-17-18(11-14)28-13-27-17)22-7-9-23(10-8-22)20(26)16-12-15-3-1-2-6-24(15)21-16/h4-5,11-12H,1-3,6-10,13H2. The summed E-state index contributed by atoms with van der Waals surface area (Å²) < 4.78 is 12.6. The molecular formula is C20H22N4O4. The van der Waals surface area contributed by atoms with E-state index in [9.17, 15) is 9.59 Å². The van der Waals surface area contributed by atoms with E-state index in [4.69, 9.17) is 9.47 Å². The van der Waals surface area contributed by atoms with Crippen molar-refractivity contribution in [3.63, 3.8) is 0 Å². The van der Waals surface area contributed by atoms with Gasteiger partial charge in [0, 0.05) is 44.0 Å². The van der Waals surface area contributed by atoms with Gasteiger partial charge in [-0.2, -0.15) is 5.10 Å². The van der Waals surface area contributed by atoms with Gasteiger partial charge >= 0.3 is 0 Å². The van der Waals surface area contributed by atoms with Gasteiger partial charge in [-0.3, -0.25) is 14.3 Å². The van der Waals surface area contributed by atoms with Gasteiger partial charge in [-0.1, -0.05) is 0 Å². The number of carbonyl (C=O) groups is 2. The van der Waals surface area contributed by atoms with Gasteiger partial charge in [-0.05, 0) is 43.5 Å². The molecule has 3 aliphatic rings. The highest BCUT2D eigenvalue weighted by Crippen LogP contribution is 2.32. The van der Waals surface area contributed by atoms with Crippen molar-refractivity contribution < 1.29 is 19.1 Å². The number of ether oxygens (including phenoxy) is 2. The molecule has 1 aromatic carbocycles. The Kier molecular flexibility index (Phi) is 4.18. The van der Waals surface area contributed by atoms with Gasteiger partial charge in [0.2, 0.25) is 6.79 Å². The lowest BCUT2D eigenvalue weighted by Crippen LogP contribution is -2.50. The van der Waals surface area contributed by atoms with E-state index in [2.05, 4.69) is 5.10 Å². The average molecular weight is 382 g/mol. The molecule has 1 aromatic heterocycles. The fourth-order valence-corrected chi connectivity index (χ4v) is 4.01. The highest BCUT2D eigenvalue weighted by molar-refractivity contribution is 5.96. The third-order valence-electron chi connectivity index (χ3n) is 5.61. The van der Waals surface area contributed by atoms with E-state index in [-0.39, 0.29) is 18.6 Å². The van der Waals surface area contributed by atoms with E-state index in [1.54, 1.807) is 28.0 Å². The fourth-order valence-electron chi connectivity index (χ4n) is 4.01. The van der Waals surface area contributed by atoms with Crippen LogP contribution in [0, 0.1) is 0 Å². The lowest BCUT2D eigenvalue weighted by Gasteiger charge is -2.34. The van der Waals surface area contributed by atoms with E-state index in [0.717, 1.165) is 31.5 Å². The Morgan fingerprint density at radius 1 is 0.857 bits per heavy atom. The summed E-state index contributed by atoms with van der Waals surface area (Å²) in [7, 11) is 0. The molecule has 5 rings (SSSR count). The molecule has 0 atom stereocenters. The van der Waals surface area contributed by atoms with Crippen LogP contribution in [0.4, 0.5) is 0 Å². The van der Waals surface area contributed by atoms with Crippen LogP contribution in [0.25, 0.3) is 0 Å². The third-order valence-corrected chi connectivity index (χ3v) is 5.61. The van der Waals surface area contributed by atoms with Crippen molar-refractivity contribution in [1.29, 1.82) is 0 Å². The summed E-state index contributed by atoms with van der Waals surface area (Å²) in [6, 6.07) is 7.16. The summed E-state index contributed by atoms with van der Waals surface area (Å²) in [6.07, 6.45) is 3.25. The van der Waals surface area contributed by atoms with Gasteiger partial charge < -0.3 is 19.3 Å². The molecule has 146 valence electrons. The fraction of sp³-hybridized carbons (Fsp3) is 0.450. The highest BCUT2D eigenvalue weighted by Gasteiger charge is 2.28. The minimum absolute atomic E-state index is 0.0444. The Morgan fingerprint density at radius 2 is 1.61 bits per heavy atom. The second kappa shape index (κ2) is 6.85. The molecule has 1 saturated heterocycles. The van der Waals surface area contributed by atoms with Gasteiger partial charge in [0.25, 0.3) is 11.8 Å². The number of benzene rings is 1. The van der Waals surface area contributed by atoms with Crippen LogP contribution in [0.5, 0.6) is 11.5 Å². The molecule has 0 saturated carbocycles. The number of hydrogen-bond acceptors (Lipinski definition) is 5.